The molecule has 0 spiro atoms. The van der Waals surface area contributed by atoms with E-state index in [1.165, 1.54) is 0 Å². The van der Waals surface area contributed by atoms with Crippen molar-refractivity contribution in [3.05, 3.63) is 12.3 Å². The molecule has 28 heavy (non-hydrogen) atoms. The molecular weight excluding hydrogens is 364 g/mol. The Morgan fingerprint density at radius 2 is 1.86 bits per heavy atom. The van der Waals surface area contributed by atoms with Gasteiger partial charge < -0.3 is 15.5 Å². The van der Waals surface area contributed by atoms with E-state index < -0.39 is 0 Å². The molecule has 2 aliphatic rings. The number of carboxylic acid groups (broad SMARTS) is 1. The Balaban J connectivity index is 0.000000878. The molecule has 0 aliphatic carbocycles. The van der Waals surface area contributed by atoms with Gasteiger partial charge >= 0.3 is 0 Å². The van der Waals surface area contributed by atoms with E-state index in [1.807, 2.05) is 13.2 Å². The quantitative estimate of drug-likeness (QED) is 0.532. The van der Waals surface area contributed by atoms with Crippen LogP contribution in [-0.4, -0.2) is 112 Å². The van der Waals surface area contributed by atoms with Gasteiger partial charge in [-0.1, -0.05) is 0 Å². The molecule has 3 rings (SSSR count). The van der Waals surface area contributed by atoms with Crippen molar-refractivity contribution < 1.29 is 19.8 Å². The second-order valence-electron chi connectivity index (χ2n) is 7.14. The van der Waals surface area contributed by atoms with Crippen molar-refractivity contribution in [3.8, 4) is 0 Å². The summed E-state index contributed by atoms with van der Waals surface area (Å²) in [6, 6.07) is 2.44. The van der Waals surface area contributed by atoms with Crippen molar-refractivity contribution in [1.29, 1.82) is 0 Å². The molecule has 3 heterocycles. The van der Waals surface area contributed by atoms with E-state index in [-0.39, 0.29) is 19.0 Å². The third-order valence-corrected chi connectivity index (χ3v) is 5.24. The lowest BCUT2D eigenvalue weighted by Crippen LogP contribution is -2.54. The van der Waals surface area contributed by atoms with E-state index in [4.69, 9.17) is 15.0 Å². The van der Waals surface area contributed by atoms with Gasteiger partial charge in [-0.3, -0.25) is 29.0 Å². The van der Waals surface area contributed by atoms with Gasteiger partial charge in [-0.05, 0) is 12.8 Å². The molecule has 1 aromatic heterocycles. The molecule has 10 nitrogen and oxygen atoms in total. The maximum atomic E-state index is 12.1. The highest BCUT2D eigenvalue weighted by Crippen LogP contribution is 2.18. The maximum Gasteiger partial charge on any atom is 0.290 e. The summed E-state index contributed by atoms with van der Waals surface area (Å²) in [6.45, 7) is 7.44. The minimum atomic E-state index is -0.250. The van der Waals surface area contributed by atoms with E-state index in [1.54, 1.807) is 10.7 Å². The van der Waals surface area contributed by atoms with Gasteiger partial charge in [0.1, 0.15) is 0 Å². The number of aliphatic hydroxyl groups is 1. The molecule has 2 aliphatic heterocycles. The number of piperidine rings is 1. The predicted octanol–water partition coefficient (Wildman–Crippen LogP) is -0.866. The summed E-state index contributed by atoms with van der Waals surface area (Å²) in [6.07, 6.45) is 4.06. The molecule has 10 heteroatoms. The first-order valence-electron chi connectivity index (χ1n) is 9.72. The number of aliphatic hydroxyl groups excluding tert-OH is 1. The van der Waals surface area contributed by atoms with Gasteiger partial charge in [-0.2, -0.15) is 5.10 Å². The summed E-state index contributed by atoms with van der Waals surface area (Å²) >= 11 is 0. The molecule has 0 saturated carbocycles. The van der Waals surface area contributed by atoms with Crippen molar-refractivity contribution in [2.45, 2.75) is 18.9 Å². The maximum absolute atomic E-state index is 12.1. The minimum absolute atomic E-state index is 0.00904. The Hall–Kier alpha value is -2.01. The zero-order valence-electron chi connectivity index (χ0n) is 16.5. The second-order valence-corrected chi connectivity index (χ2v) is 7.14. The fourth-order valence-corrected chi connectivity index (χ4v) is 3.80. The molecule has 0 bridgehead atoms. The molecule has 1 amide bonds. The number of rotatable bonds is 6. The molecule has 3 N–H and O–H groups in total. The average Bonchev–Trinajstić information content (AvgIpc) is 3.08. The molecule has 2 fully saturated rings. The first-order valence-corrected chi connectivity index (χ1v) is 9.72. The minimum Gasteiger partial charge on any atom is -0.483 e. The Morgan fingerprint density at radius 1 is 1.21 bits per heavy atom. The first-order chi connectivity index (χ1) is 13.5. The molecular formula is C18H32N6O4. The zero-order chi connectivity index (χ0) is 20.4. The van der Waals surface area contributed by atoms with Gasteiger partial charge in [0.15, 0.2) is 5.82 Å². The number of piperazine rings is 1. The lowest BCUT2D eigenvalue weighted by molar-refractivity contribution is -0.123. The molecule has 2 saturated heterocycles. The van der Waals surface area contributed by atoms with Crippen LogP contribution in [-0.2, 0) is 16.6 Å². The summed E-state index contributed by atoms with van der Waals surface area (Å²) in [5.74, 6) is 0.623. The van der Waals surface area contributed by atoms with Gasteiger partial charge in [0.25, 0.3) is 6.47 Å². The van der Waals surface area contributed by atoms with Crippen molar-refractivity contribution >= 4 is 18.2 Å². The largest absolute Gasteiger partial charge is 0.483 e. The summed E-state index contributed by atoms with van der Waals surface area (Å²) < 4.78 is 1.68. The van der Waals surface area contributed by atoms with Crippen LogP contribution in [0.3, 0.4) is 0 Å². The van der Waals surface area contributed by atoms with Crippen LogP contribution in [0, 0.1) is 0 Å². The van der Waals surface area contributed by atoms with Crippen molar-refractivity contribution in [1.82, 2.24) is 24.5 Å². The van der Waals surface area contributed by atoms with E-state index in [2.05, 4.69) is 25.1 Å². The third kappa shape index (κ3) is 7.19. The van der Waals surface area contributed by atoms with Crippen molar-refractivity contribution in [2.24, 2.45) is 7.05 Å². The zero-order valence-corrected chi connectivity index (χ0v) is 16.5. The monoisotopic (exact) mass is 396 g/mol. The number of carbonyl (C=O) groups excluding carboxylic acids is 1. The number of nitrogens with one attached hydrogen (secondary N) is 1. The van der Waals surface area contributed by atoms with Crippen LogP contribution in [0.4, 0.5) is 5.82 Å². The molecule has 0 radical (unpaired) electrons. The average molecular weight is 396 g/mol. The van der Waals surface area contributed by atoms with Crippen LogP contribution in [0.2, 0.25) is 0 Å². The Bertz CT molecular complexity index is 595. The number of hydrogen-bond donors (Lipinski definition) is 3. The van der Waals surface area contributed by atoms with Crippen LogP contribution < -0.4 is 5.32 Å². The summed E-state index contributed by atoms with van der Waals surface area (Å²) in [5.41, 5.74) is 0. The topological polar surface area (TPSA) is 114 Å². The van der Waals surface area contributed by atoms with E-state index in [0.29, 0.717) is 18.4 Å². The highest BCUT2D eigenvalue weighted by Gasteiger charge is 2.27. The number of aryl methyl sites for hydroxylation is 1. The van der Waals surface area contributed by atoms with Gasteiger partial charge in [-0.15, -0.1) is 0 Å². The number of aromatic nitrogens is 2. The van der Waals surface area contributed by atoms with Crippen LogP contribution in [0.15, 0.2) is 12.3 Å². The normalized spacial score (nSPS) is 19.6. The smallest absolute Gasteiger partial charge is 0.290 e. The predicted molar refractivity (Wildman–Crippen MR) is 105 cm³/mol. The van der Waals surface area contributed by atoms with Gasteiger partial charge in [0.05, 0.1) is 13.2 Å². The molecule has 0 aromatic carbocycles. The number of nitrogens with zero attached hydrogens (tertiary/aromatic N) is 5. The van der Waals surface area contributed by atoms with Crippen molar-refractivity contribution in [2.75, 3.05) is 64.3 Å². The number of hydrogen-bond acceptors (Lipinski definition) is 7. The summed E-state index contributed by atoms with van der Waals surface area (Å²) in [7, 11) is 1.84. The first kappa shape index (κ1) is 22.3. The van der Waals surface area contributed by atoms with Gasteiger partial charge in [0, 0.05) is 71.2 Å². The number of β-amino-alcohol motifs (C(OH)–C–C–N with tert-alkyl or cyclic N) is 1. The van der Waals surface area contributed by atoms with Crippen LogP contribution >= 0.6 is 0 Å². The molecule has 1 aromatic rings. The lowest BCUT2D eigenvalue weighted by atomic mass is 10.0. The number of likely N-dealkylation sites (tertiary alicyclic amines) is 1. The number of anilines is 1. The van der Waals surface area contributed by atoms with Crippen molar-refractivity contribution in [3.63, 3.8) is 0 Å². The number of carbonyl (C=O) groups is 2. The highest BCUT2D eigenvalue weighted by molar-refractivity contribution is 5.91. The van der Waals surface area contributed by atoms with E-state index in [9.17, 15) is 4.79 Å². The molecule has 158 valence electrons. The Kier molecular flexibility index (Phi) is 9.35. The summed E-state index contributed by atoms with van der Waals surface area (Å²) in [5, 5.41) is 22.9. The Labute approximate surface area is 165 Å². The van der Waals surface area contributed by atoms with E-state index in [0.717, 1.165) is 58.7 Å². The fourth-order valence-electron chi connectivity index (χ4n) is 3.80. The highest BCUT2D eigenvalue weighted by atomic mass is 16.3. The lowest BCUT2D eigenvalue weighted by Gasteiger charge is -2.42. The Morgan fingerprint density at radius 3 is 2.39 bits per heavy atom. The van der Waals surface area contributed by atoms with Crippen LogP contribution in [0.25, 0.3) is 0 Å². The van der Waals surface area contributed by atoms with Crippen LogP contribution in [0.1, 0.15) is 12.8 Å². The second kappa shape index (κ2) is 11.7. The summed E-state index contributed by atoms with van der Waals surface area (Å²) in [4.78, 5) is 27.6. The van der Waals surface area contributed by atoms with E-state index >= 15 is 0 Å². The molecule has 0 unspecified atom stereocenters. The third-order valence-electron chi connectivity index (χ3n) is 5.24. The van der Waals surface area contributed by atoms with Crippen LogP contribution in [0.5, 0.6) is 0 Å². The fraction of sp³-hybridized carbons (Fsp3) is 0.722. The van der Waals surface area contributed by atoms with Gasteiger partial charge in [0.2, 0.25) is 5.91 Å². The van der Waals surface area contributed by atoms with Gasteiger partial charge in [-0.25, -0.2) is 0 Å². The SMILES string of the molecule is Cn1ccc(NC(=O)CN2CCC(N3CCN(CCO)CC3)CC2)n1.O=CO. The standard InChI is InChI=1S/C17H30N6O2.CH2O2/c1-20-5-4-16(19-20)18-17(25)14-22-6-2-15(3-7-22)23-10-8-21(9-11-23)12-13-24;2-1-3/h4-5,15,24H,2-3,6-14H2,1H3,(H,18,19,25);1H,(H,2,3). The molecule has 0 atom stereocenters. The number of amides is 1.